The molecule has 0 fully saturated rings. The molecule has 1 N–H and O–H groups in total. The Kier molecular flexibility index (Phi) is 5.00. The minimum atomic E-state index is -0.987. The average molecular weight is 362 g/mol. The molecule has 2 rings (SSSR count). The molecule has 0 aliphatic heterocycles. The summed E-state index contributed by atoms with van der Waals surface area (Å²) in [6, 6.07) is 4.47. The first-order valence-electron chi connectivity index (χ1n) is 6.26. The topological polar surface area (TPSA) is 12.0 Å². The van der Waals surface area contributed by atoms with Crippen molar-refractivity contribution >= 4 is 15.9 Å². The smallest absolute Gasteiger partial charge is 0.137 e. The van der Waals surface area contributed by atoms with Crippen LogP contribution in [-0.4, -0.2) is 6.54 Å². The molecule has 0 heterocycles. The van der Waals surface area contributed by atoms with E-state index in [4.69, 9.17) is 0 Å². The van der Waals surface area contributed by atoms with Gasteiger partial charge in [-0.3, -0.25) is 0 Å². The first-order chi connectivity index (χ1) is 9.93. The molecule has 0 saturated carbocycles. The number of rotatable bonds is 4. The van der Waals surface area contributed by atoms with Crippen LogP contribution in [0, 0.1) is 23.3 Å². The van der Waals surface area contributed by atoms with Gasteiger partial charge in [0.25, 0.3) is 0 Å². The lowest BCUT2D eigenvalue weighted by Gasteiger charge is -2.20. The van der Waals surface area contributed by atoms with Crippen molar-refractivity contribution < 1.29 is 17.6 Å². The maximum atomic E-state index is 13.9. The monoisotopic (exact) mass is 361 g/mol. The van der Waals surface area contributed by atoms with E-state index in [1.54, 1.807) is 6.92 Å². The van der Waals surface area contributed by atoms with Crippen LogP contribution in [0.25, 0.3) is 0 Å². The van der Waals surface area contributed by atoms with Crippen LogP contribution >= 0.6 is 15.9 Å². The Morgan fingerprint density at radius 2 is 1.62 bits per heavy atom. The first kappa shape index (κ1) is 16.0. The summed E-state index contributed by atoms with van der Waals surface area (Å²) >= 11 is 3.04. The van der Waals surface area contributed by atoms with Crippen LogP contribution in [0.1, 0.15) is 24.1 Å². The fourth-order valence-electron chi connectivity index (χ4n) is 2.11. The molecule has 1 atom stereocenters. The Bertz CT molecular complexity index is 637. The van der Waals surface area contributed by atoms with Gasteiger partial charge in [0, 0.05) is 17.7 Å². The molecular formula is C15H12BrF4N. The van der Waals surface area contributed by atoms with E-state index < -0.39 is 29.3 Å². The van der Waals surface area contributed by atoms with Crippen molar-refractivity contribution in [3.05, 3.63) is 69.2 Å². The number of halogens is 5. The molecule has 21 heavy (non-hydrogen) atoms. The van der Waals surface area contributed by atoms with Gasteiger partial charge in [0.05, 0.1) is 10.5 Å². The summed E-state index contributed by atoms with van der Waals surface area (Å²) in [4.78, 5) is 0. The Morgan fingerprint density at radius 1 is 1.00 bits per heavy atom. The maximum absolute atomic E-state index is 13.9. The molecule has 0 amide bonds. The van der Waals surface area contributed by atoms with Crippen molar-refractivity contribution in [1.82, 2.24) is 5.32 Å². The Labute approximate surface area is 128 Å². The van der Waals surface area contributed by atoms with E-state index in [1.165, 1.54) is 18.2 Å². The summed E-state index contributed by atoms with van der Waals surface area (Å²) in [6.07, 6.45) is 0. The second-order valence-electron chi connectivity index (χ2n) is 4.45. The predicted molar refractivity (Wildman–Crippen MR) is 75.9 cm³/mol. The van der Waals surface area contributed by atoms with E-state index in [1.807, 2.05) is 0 Å². The van der Waals surface area contributed by atoms with Gasteiger partial charge in [-0.15, -0.1) is 0 Å². The van der Waals surface area contributed by atoms with E-state index in [2.05, 4.69) is 21.2 Å². The van der Waals surface area contributed by atoms with Crippen molar-refractivity contribution in [2.24, 2.45) is 0 Å². The third kappa shape index (κ3) is 3.44. The highest BCUT2D eigenvalue weighted by molar-refractivity contribution is 9.10. The van der Waals surface area contributed by atoms with Crippen LogP contribution in [0.15, 0.2) is 34.8 Å². The van der Waals surface area contributed by atoms with E-state index in [0.29, 0.717) is 24.2 Å². The van der Waals surface area contributed by atoms with E-state index in [0.717, 1.165) is 0 Å². The fraction of sp³-hybridized carbons (Fsp3) is 0.200. The van der Waals surface area contributed by atoms with Gasteiger partial charge in [0.15, 0.2) is 0 Å². The number of benzene rings is 2. The van der Waals surface area contributed by atoms with Crippen LogP contribution in [0.2, 0.25) is 0 Å². The SMILES string of the molecule is CCNC(c1ccc(F)c(Br)c1)c1c(F)cc(F)cc1F. The minimum absolute atomic E-state index is 0.186. The van der Waals surface area contributed by atoms with Gasteiger partial charge in [0.1, 0.15) is 23.3 Å². The van der Waals surface area contributed by atoms with Crippen molar-refractivity contribution in [3.8, 4) is 0 Å². The summed E-state index contributed by atoms with van der Waals surface area (Å²) < 4.78 is 54.4. The molecule has 0 aromatic heterocycles. The zero-order valence-electron chi connectivity index (χ0n) is 11.1. The van der Waals surface area contributed by atoms with E-state index >= 15 is 0 Å². The van der Waals surface area contributed by atoms with Crippen LogP contribution in [0.5, 0.6) is 0 Å². The lowest BCUT2D eigenvalue weighted by Crippen LogP contribution is -2.24. The summed E-state index contributed by atoms with van der Waals surface area (Å²) in [7, 11) is 0. The molecule has 0 bridgehead atoms. The molecule has 1 nitrogen and oxygen atoms in total. The van der Waals surface area contributed by atoms with Crippen molar-refractivity contribution in [2.45, 2.75) is 13.0 Å². The van der Waals surface area contributed by atoms with Crippen molar-refractivity contribution in [3.63, 3.8) is 0 Å². The quantitative estimate of drug-likeness (QED) is 0.778. The molecule has 0 aliphatic carbocycles. The lowest BCUT2D eigenvalue weighted by atomic mass is 9.97. The largest absolute Gasteiger partial charge is 0.306 e. The summed E-state index contributed by atoms with van der Waals surface area (Å²) in [5.41, 5.74) is 0.172. The molecule has 0 aliphatic rings. The van der Waals surface area contributed by atoms with Crippen molar-refractivity contribution in [1.29, 1.82) is 0 Å². The van der Waals surface area contributed by atoms with Gasteiger partial charge in [-0.2, -0.15) is 0 Å². The maximum Gasteiger partial charge on any atom is 0.137 e. The van der Waals surface area contributed by atoms with Gasteiger partial charge in [0.2, 0.25) is 0 Å². The van der Waals surface area contributed by atoms with Crippen molar-refractivity contribution in [2.75, 3.05) is 6.54 Å². The zero-order chi connectivity index (χ0) is 15.6. The molecule has 6 heteroatoms. The summed E-state index contributed by atoms with van der Waals surface area (Å²) in [5.74, 6) is -3.43. The third-order valence-corrected chi connectivity index (χ3v) is 3.63. The second-order valence-corrected chi connectivity index (χ2v) is 5.30. The molecule has 0 saturated heterocycles. The highest BCUT2D eigenvalue weighted by Crippen LogP contribution is 2.30. The van der Waals surface area contributed by atoms with Gasteiger partial charge in [-0.1, -0.05) is 13.0 Å². The Balaban J connectivity index is 2.55. The zero-order valence-corrected chi connectivity index (χ0v) is 12.6. The predicted octanol–water partition coefficient (Wildman–Crippen LogP) is 4.70. The minimum Gasteiger partial charge on any atom is -0.306 e. The fourth-order valence-corrected chi connectivity index (χ4v) is 2.51. The molecule has 2 aromatic carbocycles. The second kappa shape index (κ2) is 6.58. The number of hydrogen-bond donors (Lipinski definition) is 1. The van der Waals surface area contributed by atoms with Crippen LogP contribution in [-0.2, 0) is 0 Å². The van der Waals surface area contributed by atoms with Gasteiger partial charge >= 0.3 is 0 Å². The first-order valence-corrected chi connectivity index (χ1v) is 7.06. The van der Waals surface area contributed by atoms with Crippen LogP contribution < -0.4 is 5.32 Å². The molecule has 1 unspecified atom stereocenters. The highest BCUT2D eigenvalue weighted by Gasteiger charge is 2.23. The number of nitrogens with one attached hydrogen (secondary N) is 1. The van der Waals surface area contributed by atoms with Crippen LogP contribution in [0.3, 0.4) is 0 Å². The highest BCUT2D eigenvalue weighted by atomic mass is 79.9. The third-order valence-electron chi connectivity index (χ3n) is 3.02. The standard InChI is InChI=1S/C15H12BrF4N/c1-2-21-15(8-3-4-11(18)10(16)5-8)14-12(19)6-9(17)7-13(14)20/h3-7,15,21H,2H2,1H3. The molecular weight excluding hydrogens is 350 g/mol. The molecule has 112 valence electrons. The Morgan fingerprint density at radius 3 is 2.14 bits per heavy atom. The average Bonchev–Trinajstić information content (AvgIpc) is 2.40. The van der Waals surface area contributed by atoms with Gasteiger partial charge < -0.3 is 5.32 Å². The van der Waals surface area contributed by atoms with Gasteiger partial charge in [-0.05, 0) is 40.2 Å². The van der Waals surface area contributed by atoms with E-state index in [-0.39, 0.29) is 10.0 Å². The number of hydrogen-bond acceptors (Lipinski definition) is 1. The summed E-state index contributed by atoms with van der Waals surface area (Å²) in [6.45, 7) is 2.20. The molecule has 2 aromatic rings. The molecule has 0 spiro atoms. The normalized spacial score (nSPS) is 12.5. The lowest BCUT2D eigenvalue weighted by molar-refractivity contribution is 0.491. The molecule has 0 radical (unpaired) electrons. The van der Waals surface area contributed by atoms with Gasteiger partial charge in [-0.25, -0.2) is 17.6 Å². The Hall–Kier alpha value is -1.40. The van der Waals surface area contributed by atoms with E-state index in [9.17, 15) is 17.6 Å². The van der Waals surface area contributed by atoms with Crippen LogP contribution in [0.4, 0.5) is 17.6 Å². The summed E-state index contributed by atoms with van der Waals surface area (Å²) in [5, 5.41) is 2.92.